The molecule has 0 spiro atoms. The number of hydrogen-bond donors (Lipinski definition) is 1. The Bertz CT molecular complexity index is 597. The van der Waals surface area contributed by atoms with E-state index in [1.807, 2.05) is 6.07 Å². The zero-order valence-corrected chi connectivity index (χ0v) is 11.5. The molecule has 0 saturated heterocycles. The molecule has 0 radical (unpaired) electrons. The van der Waals surface area contributed by atoms with Gasteiger partial charge in [-0.2, -0.15) is 0 Å². The molecule has 1 aromatic carbocycles. The summed E-state index contributed by atoms with van der Waals surface area (Å²) in [5.74, 6) is 7.00. The second-order valence-corrected chi connectivity index (χ2v) is 4.83. The first-order chi connectivity index (χ1) is 9.11. The van der Waals surface area contributed by atoms with E-state index in [1.165, 1.54) is 29.7 Å². The number of carbonyl (C=O) groups is 1. The quantitative estimate of drug-likeness (QED) is 0.507. The second kappa shape index (κ2) is 5.75. The first-order valence-corrected chi connectivity index (χ1v) is 6.56. The number of methoxy groups -OCH3 is 1. The van der Waals surface area contributed by atoms with E-state index in [-0.39, 0.29) is 5.78 Å². The first-order valence-electron chi connectivity index (χ1n) is 5.57. The molecule has 0 aliphatic carbocycles. The molecule has 1 aromatic heterocycles. The van der Waals surface area contributed by atoms with E-state index in [9.17, 15) is 4.79 Å². The zero-order valence-electron chi connectivity index (χ0n) is 10.7. The van der Waals surface area contributed by atoms with E-state index in [0.717, 1.165) is 11.3 Å². The smallest absolute Gasteiger partial charge is 0.209 e. The van der Waals surface area contributed by atoms with Crippen molar-refractivity contribution in [1.82, 2.24) is 14.9 Å². The van der Waals surface area contributed by atoms with Crippen LogP contribution in [-0.4, -0.2) is 27.8 Å². The van der Waals surface area contributed by atoms with Crippen LogP contribution in [0.15, 0.2) is 29.7 Å². The highest BCUT2D eigenvalue weighted by atomic mass is 32.2. The fourth-order valence-electron chi connectivity index (χ4n) is 1.59. The molecule has 0 unspecified atom stereocenters. The molecule has 0 amide bonds. The van der Waals surface area contributed by atoms with Gasteiger partial charge in [-0.3, -0.25) is 4.79 Å². The average molecular weight is 278 g/mol. The van der Waals surface area contributed by atoms with Crippen LogP contribution >= 0.6 is 11.8 Å². The van der Waals surface area contributed by atoms with Gasteiger partial charge in [-0.25, -0.2) is 4.68 Å². The number of Topliss-reactive ketones (excluding diaryl/α,β-unsaturated/α-hetero) is 1. The van der Waals surface area contributed by atoms with Crippen LogP contribution in [0.1, 0.15) is 22.8 Å². The van der Waals surface area contributed by atoms with E-state index >= 15 is 0 Å². The predicted molar refractivity (Wildman–Crippen MR) is 72.7 cm³/mol. The molecule has 0 bridgehead atoms. The standard InChI is InChI=1S/C12H14N4O2S/c1-8(17)9-3-4-11(18-2)10(5-9)6-19-12-15-14-7-16(12)13/h3-5,7H,6,13H2,1-2H3. The number of nitrogen functional groups attached to an aromatic ring is 1. The number of ketones is 1. The monoisotopic (exact) mass is 278 g/mol. The fraction of sp³-hybridized carbons (Fsp3) is 0.250. The number of nitrogens with two attached hydrogens (primary N) is 1. The van der Waals surface area contributed by atoms with Crippen molar-refractivity contribution < 1.29 is 9.53 Å². The van der Waals surface area contributed by atoms with Crippen molar-refractivity contribution in [3.05, 3.63) is 35.7 Å². The Morgan fingerprint density at radius 2 is 2.32 bits per heavy atom. The summed E-state index contributed by atoms with van der Waals surface area (Å²) in [5, 5.41) is 8.20. The van der Waals surface area contributed by atoms with Crippen LogP contribution in [0, 0.1) is 0 Å². The minimum absolute atomic E-state index is 0.0240. The number of thioether (sulfide) groups is 1. The lowest BCUT2D eigenvalue weighted by molar-refractivity contribution is 0.101. The predicted octanol–water partition coefficient (Wildman–Crippen LogP) is 1.50. The Balaban J connectivity index is 2.20. The van der Waals surface area contributed by atoms with Gasteiger partial charge in [-0.05, 0) is 25.1 Å². The first kappa shape index (κ1) is 13.4. The normalized spacial score (nSPS) is 10.4. The van der Waals surface area contributed by atoms with Gasteiger partial charge in [0.15, 0.2) is 5.78 Å². The highest BCUT2D eigenvalue weighted by molar-refractivity contribution is 7.98. The summed E-state index contributed by atoms with van der Waals surface area (Å²) >= 11 is 1.43. The SMILES string of the molecule is COc1ccc(C(C)=O)cc1CSc1nncn1N. The van der Waals surface area contributed by atoms with E-state index in [1.54, 1.807) is 19.2 Å². The van der Waals surface area contributed by atoms with Gasteiger partial charge >= 0.3 is 0 Å². The lowest BCUT2D eigenvalue weighted by Gasteiger charge is -2.09. The zero-order chi connectivity index (χ0) is 13.8. The van der Waals surface area contributed by atoms with Gasteiger partial charge in [0.05, 0.1) is 7.11 Å². The lowest BCUT2D eigenvalue weighted by Crippen LogP contribution is -2.07. The molecule has 0 aliphatic heterocycles. The molecule has 2 rings (SSSR count). The molecule has 0 atom stereocenters. The summed E-state index contributed by atoms with van der Waals surface area (Å²) in [6.07, 6.45) is 1.44. The molecule has 2 N–H and O–H groups in total. The molecule has 0 fully saturated rings. The largest absolute Gasteiger partial charge is 0.496 e. The van der Waals surface area contributed by atoms with Gasteiger partial charge in [0.2, 0.25) is 5.16 Å². The Labute approximate surface area is 114 Å². The second-order valence-electron chi connectivity index (χ2n) is 3.89. The van der Waals surface area contributed by atoms with Gasteiger partial charge in [0, 0.05) is 16.9 Å². The van der Waals surface area contributed by atoms with Gasteiger partial charge in [-0.1, -0.05) is 11.8 Å². The summed E-state index contributed by atoms with van der Waals surface area (Å²) in [5.41, 5.74) is 1.58. The van der Waals surface area contributed by atoms with E-state index in [2.05, 4.69) is 10.2 Å². The topological polar surface area (TPSA) is 83.0 Å². The van der Waals surface area contributed by atoms with Gasteiger partial charge < -0.3 is 10.6 Å². The maximum atomic E-state index is 11.4. The number of nitrogens with zero attached hydrogens (tertiary/aromatic N) is 3. The van der Waals surface area contributed by atoms with Crippen molar-refractivity contribution in [1.29, 1.82) is 0 Å². The van der Waals surface area contributed by atoms with E-state index in [4.69, 9.17) is 10.6 Å². The minimum Gasteiger partial charge on any atom is -0.496 e. The number of hydrogen-bond acceptors (Lipinski definition) is 6. The van der Waals surface area contributed by atoms with E-state index < -0.39 is 0 Å². The molecule has 0 aliphatic rings. The van der Waals surface area contributed by atoms with E-state index in [0.29, 0.717) is 16.5 Å². The number of benzene rings is 1. The number of rotatable bonds is 5. The molecule has 19 heavy (non-hydrogen) atoms. The van der Waals surface area contributed by atoms with Crippen LogP contribution in [0.2, 0.25) is 0 Å². The third kappa shape index (κ3) is 3.05. The van der Waals surface area contributed by atoms with Gasteiger partial charge in [0.25, 0.3) is 0 Å². The molecular formula is C12H14N4O2S. The maximum absolute atomic E-state index is 11.4. The fourth-order valence-corrected chi connectivity index (χ4v) is 2.40. The van der Waals surface area contributed by atoms with Crippen molar-refractivity contribution >= 4 is 17.5 Å². The molecule has 100 valence electrons. The molecule has 7 heteroatoms. The van der Waals surface area contributed by atoms with Crippen LogP contribution in [0.3, 0.4) is 0 Å². The molecule has 6 nitrogen and oxygen atoms in total. The van der Waals surface area contributed by atoms with Crippen molar-refractivity contribution in [2.45, 2.75) is 17.8 Å². The third-order valence-corrected chi connectivity index (χ3v) is 3.59. The van der Waals surface area contributed by atoms with Crippen molar-refractivity contribution in [2.24, 2.45) is 0 Å². The van der Waals surface area contributed by atoms with Crippen LogP contribution in [-0.2, 0) is 5.75 Å². The number of ether oxygens (including phenoxy) is 1. The van der Waals surface area contributed by atoms with Crippen molar-refractivity contribution in [3.63, 3.8) is 0 Å². The molecular weight excluding hydrogens is 264 g/mol. The summed E-state index contributed by atoms with van der Waals surface area (Å²) in [6, 6.07) is 5.37. The Morgan fingerprint density at radius 3 is 2.89 bits per heavy atom. The summed E-state index contributed by atoms with van der Waals surface area (Å²) in [4.78, 5) is 11.4. The highest BCUT2D eigenvalue weighted by Crippen LogP contribution is 2.27. The Hall–Kier alpha value is -2.02. The van der Waals surface area contributed by atoms with Gasteiger partial charge in [-0.15, -0.1) is 10.2 Å². The summed E-state index contributed by atoms with van der Waals surface area (Å²) in [6.45, 7) is 1.54. The van der Waals surface area contributed by atoms with Crippen LogP contribution < -0.4 is 10.6 Å². The van der Waals surface area contributed by atoms with Crippen LogP contribution in [0.5, 0.6) is 5.75 Å². The average Bonchev–Trinajstić information content (AvgIpc) is 2.81. The number of aromatic nitrogens is 3. The minimum atomic E-state index is 0.0240. The van der Waals surface area contributed by atoms with Crippen LogP contribution in [0.25, 0.3) is 0 Å². The van der Waals surface area contributed by atoms with Crippen LogP contribution in [0.4, 0.5) is 0 Å². The van der Waals surface area contributed by atoms with Gasteiger partial charge in [0.1, 0.15) is 12.1 Å². The number of carbonyl (C=O) groups excluding carboxylic acids is 1. The highest BCUT2D eigenvalue weighted by Gasteiger charge is 2.10. The Kier molecular flexibility index (Phi) is 4.06. The maximum Gasteiger partial charge on any atom is 0.209 e. The molecule has 1 heterocycles. The van der Waals surface area contributed by atoms with Crippen molar-refractivity contribution in [2.75, 3.05) is 13.0 Å². The third-order valence-electron chi connectivity index (χ3n) is 2.58. The molecule has 2 aromatic rings. The summed E-state index contributed by atoms with van der Waals surface area (Å²) < 4.78 is 6.63. The Morgan fingerprint density at radius 1 is 1.53 bits per heavy atom. The lowest BCUT2D eigenvalue weighted by atomic mass is 10.1. The summed E-state index contributed by atoms with van der Waals surface area (Å²) in [7, 11) is 1.60. The molecule has 0 saturated carbocycles. The van der Waals surface area contributed by atoms with Crippen molar-refractivity contribution in [3.8, 4) is 5.75 Å².